The Hall–Kier alpha value is -1.77. The molecule has 1 heterocycles. The Balaban J connectivity index is 2.09. The minimum atomic E-state index is 0.354. The highest BCUT2D eigenvalue weighted by atomic mass is 15.2. The van der Waals surface area contributed by atoms with Gasteiger partial charge in [0.25, 0.3) is 0 Å². The fraction of sp³-hybridized carbons (Fsp3) is 0.500. The van der Waals surface area contributed by atoms with E-state index in [0.29, 0.717) is 12.0 Å². The van der Waals surface area contributed by atoms with Crippen LogP contribution in [0.15, 0.2) is 24.3 Å². The van der Waals surface area contributed by atoms with Gasteiger partial charge in [0.15, 0.2) is 0 Å². The number of benzene rings is 1. The number of aromatic nitrogens is 2. The van der Waals surface area contributed by atoms with Gasteiger partial charge in [-0.05, 0) is 33.6 Å². The zero-order chi connectivity index (χ0) is 15.0. The van der Waals surface area contributed by atoms with Crippen LogP contribution < -0.4 is 5.73 Å². The second-order valence-corrected chi connectivity index (χ2v) is 6.52. The highest BCUT2D eigenvalue weighted by Gasteiger charge is 2.26. The average Bonchev–Trinajstić information content (AvgIpc) is 3.07. The van der Waals surface area contributed by atoms with E-state index in [9.17, 15) is 0 Å². The van der Waals surface area contributed by atoms with Crippen molar-refractivity contribution < 1.29 is 0 Å². The quantitative estimate of drug-likeness (QED) is 0.888. The van der Waals surface area contributed by atoms with Crippen molar-refractivity contribution in [3.8, 4) is 11.3 Å². The number of rotatable bonds is 3. The molecule has 0 spiro atoms. The zero-order valence-corrected chi connectivity index (χ0v) is 13.3. The summed E-state index contributed by atoms with van der Waals surface area (Å²) in [5.74, 6) is 2.58. The summed E-state index contributed by atoms with van der Waals surface area (Å²) in [6.45, 7) is 6.48. The van der Waals surface area contributed by atoms with E-state index in [1.165, 1.54) is 37.1 Å². The van der Waals surface area contributed by atoms with Crippen LogP contribution in [0.1, 0.15) is 62.9 Å². The fourth-order valence-corrected chi connectivity index (χ4v) is 3.40. The number of hydrogen-bond acceptors (Lipinski definition) is 2. The van der Waals surface area contributed by atoms with Crippen molar-refractivity contribution in [1.29, 1.82) is 0 Å². The minimum Gasteiger partial charge on any atom is -0.383 e. The number of hydrogen-bond donors (Lipinski definition) is 1. The smallest absolute Gasteiger partial charge is 0.131 e. The molecule has 1 aromatic heterocycles. The fourth-order valence-electron chi connectivity index (χ4n) is 3.40. The molecule has 0 atom stereocenters. The summed E-state index contributed by atoms with van der Waals surface area (Å²) >= 11 is 0. The summed E-state index contributed by atoms with van der Waals surface area (Å²) in [5, 5.41) is 0. The second-order valence-electron chi connectivity index (χ2n) is 6.52. The molecular formula is C18H25N3. The third-order valence-corrected chi connectivity index (χ3v) is 4.54. The lowest BCUT2D eigenvalue weighted by Crippen LogP contribution is -2.11. The lowest BCUT2D eigenvalue weighted by atomic mass is 10.1. The Morgan fingerprint density at radius 2 is 1.76 bits per heavy atom. The molecule has 21 heavy (non-hydrogen) atoms. The number of aryl methyl sites for hydroxylation is 1. The maximum Gasteiger partial charge on any atom is 0.131 e. The summed E-state index contributed by atoms with van der Waals surface area (Å²) in [4.78, 5) is 4.95. The topological polar surface area (TPSA) is 43.8 Å². The molecule has 0 radical (unpaired) electrons. The number of nitrogens with zero attached hydrogens (tertiary/aromatic N) is 2. The number of nitrogen functional groups attached to an aromatic ring is 1. The molecular weight excluding hydrogens is 258 g/mol. The lowest BCUT2D eigenvalue weighted by molar-refractivity contribution is 0.534. The largest absolute Gasteiger partial charge is 0.383 e. The van der Waals surface area contributed by atoms with Crippen LogP contribution in [0.5, 0.6) is 0 Å². The Morgan fingerprint density at radius 1 is 1.14 bits per heavy atom. The number of anilines is 1. The Bertz CT molecular complexity index is 617. The normalized spacial score (nSPS) is 16.0. The molecule has 1 fully saturated rings. The third kappa shape index (κ3) is 2.57. The van der Waals surface area contributed by atoms with E-state index in [1.54, 1.807) is 0 Å². The van der Waals surface area contributed by atoms with E-state index in [4.69, 9.17) is 10.7 Å². The molecule has 112 valence electrons. The van der Waals surface area contributed by atoms with Gasteiger partial charge in [-0.1, -0.05) is 42.7 Å². The van der Waals surface area contributed by atoms with Crippen LogP contribution in [0.3, 0.4) is 0 Å². The molecule has 3 nitrogen and oxygen atoms in total. The summed E-state index contributed by atoms with van der Waals surface area (Å²) in [6, 6.07) is 8.85. The van der Waals surface area contributed by atoms with Gasteiger partial charge in [-0.2, -0.15) is 0 Å². The van der Waals surface area contributed by atoms with Gasteiger partial charge in [0.05, 0.1) is 0 Å². The van der Waals surface area contributed by atoms with Crippen molar-refractivity contribution in [1.82, 2.24) is 9.55 Å². The maximum absolute atomic E-state index is 6.44. The molecule has 1 aliphatic rings. The molecule has 3 rings (SSSR count). The maximum atomic E-state index is 6.44. The van der Waals surface area contributed by atoms with Gasteiger partial charge in [0, 0.05) is 17.5 Å². The van der Waals surface area contributed by atoms with Crippen LogP contribution in [-0.4, -0.2) is 9.55 Å². The third-order valence-electron chi connectivity index (χ3n) is 4.54. The summed E-state index contributed by atoms with van der Waals surface area (Å²) < 4.78 is 2.24. The van der Waals surface area contributed by atoms with Crippen molar-refractivity contribution in [2.45, 2.75) is 58.4 Å². The van der Waals surface area contributed by atoms with E-state index in [2.05, 4.69) is 49.6 Å². The van der Waals surface area contributed by atoms with E-state index < -0.39 is 0 Å². The molecule has 0 bridgehead atoms. The number of nitrogens with two attached hydrogens (primary N) is 1. The van der Waals surface area contributed by atoms with Gasteiger partial charge in [-0.3, -0.25) is 0 Å². The molecule has 1 aromatic carbocycles. The summed E-state index contributed by atoms with van der Waals surface area (Å²) in [5.41, 5.74) is 9.78. The first-order valence-corrected chi connectivity index (χ1v) is 8.02. The van der Waals surface area contributed by atoms with Crippen molar-refractivity contribution in [2.24, 2.45) is 0 Å². The van der Waals surface area contributed by atoms with Gasteiger partial charge in [-0.25, -0.2) is 4.98 Å². The number of imidazole rings is 1. The van der Waals surface area contributed by atoms with Crippen LogP contribution >= 0.6 is 0 Å². The van der Waals surface area contributed by atoms with Crippen molar-refractivity contribution in [2.75, 3.05) is 5.73 Å². The summed E-state index contributed by atoms with van der Waals surface area (Å²) in [7, 11) is 0. The standard InChI is InChI=1S/C18H25N3/c1-12(2)21-17(19)16(14-10-8-13(3)9-11-14)20-18(21)15-6-4-5-7-15/h8-12,15H,4-7,19H2,1-3H3. The van der Waals surface area contributed by atoms with E-state index >= 15 is 0 Å². The minimum absolute atomic E-state index is 0.354. The molecule has 3 heteroatoms. The van der Waals surface area contributed by atoms with Crippen LogP contribution in [0, 0.1) is 6.92 Å². The first-order valence-electron chi connectivity index (χ1n) is 8.02. The Labute approximate surface area is 127 Å². The van der Waals surface area contributed by atoms with Gasteiger partial charge in [0.1, 0.15) is 17.3 Å². The van der Waals surface area contributed by atoms with Gasteiger partial charge in [0.2, 0.25) is 0 Å². The van der Waals surface area contributed by atoms with Gasteiger partial charge in [-0.15, -0.1) is 0 Å². The van der Waals surface area contributed by atoms with Crippen LogP contribution in [0.25, 0.3) is 11.3 Å². The Morgan fingerprint density at radius 3 is 2.33 bits per heavy atom. The zero-order valence-electron chi connectivity index (χ0n) is 13.3. The van der Waals surface area contributed by atoms with E-state index in [-0.39, 0.29) is 0 Å². The molecule has 2 N–H and O–H groups in total. The van der Waals surface area contributed by atoms with Gasteiger partial charge >= 0.3 is 0 Å². The molecule has 0 aliphatic heterocycles. The molecule has 1 saturated carbocycles. The van der Waals surface area contributed by atoms with Crippen LogP contribution in [-0.2, 0) is 0 Å². The molecule has 1 aliphatic carbocycles. The Kier molecular flexibility index (Phi) is 3.75. The van der Waals surface area contributed by atoms with E-state index in [0.717, 1.165) is 17.1 Å². The van der Waals surface area contributed by atoms with E-state index in [1.807, 2.05) is 0 Å². The second kappa shape index (κ2) is 5.55. The summed E-state index contributed by atoms with van der Waals surface area (Å²) in [6.07, 6.45) is 5.12. The first kappa shape index (κ1) is 14.2. The predicted octanol–water partition coefficient (Wildman–Crippen LogP) is 4.68. The van der Waals surface area contributed by atoms with Gasteiger partial charge < -0.3 is 10.3 Å². The molecule has 0 saturated heterocycles. The van der Waals surface area contributed by atoms with Crippen LogP contribution in [0.4, 0.5) is 5.82 Å². The van der Waals surface area contributed by atoms with Crippen LogP contribution in [0.2, 0.25) is 0 Å². The monoisotopic (exact) mass is 283 g/mol. The average molecular weight is 283 g/mol. The first-order chi connectivity index (χ1) is 10.1. The predicted molar refractivity (Wildman–Crippen MR) is 88.4 cm³/mol. The van der Waals surface area contributed by atoms with Crippen molar-refractivity contribution in [3.63, 3.8) is 0 Å². The lowest BCUT2D eigenvalue weighted by Gasteiger charge is -2.17. The SMILES string of the molecule is Cc1ccc(-c2nc(C3CCCC3)n(C(C)C)c2N)cc1. The highest BCUT2D eigenvalue weighted by molar-refractivity contribution is 5.71. The molecule has 0 unspecified atom stereocenters. The van der Waals surface area contributed by atoms with Crippen molar-refractivity contribution >= 4 is 5.82 Å². The molecule has 0 amide bonds. The molecule has 2 aromatic rings. The van der Waals surface area contributed by atoms with Crippen molar-refractivity contribution in [3.05, 3.63) is 35.7 Å². The highest BCUT2D eigenvalue weighted by Crippen LogP contribution is 2.38.